The second-order valence-electron chi connectivity index (χ2n) is 16.0. The van der Waals surface area contributed by atoms with Gasteiger partial charge in [0, 0.05) is 19.7 Å². The van der Waals surface area contributed by atoms with Crippen LogP contribution in [0.15, 0.2) is 59.0 Å². The molecule has 1 heterocycles. The van der Waals surface area contributed by atoms with Gasteiger partial charge in [-0.1, -0.05) is 78.0 Å². The Bertz CT molecular complexity index is 2250. The number of hydrogen-bond acceptors (Lipinski definition) is 16. The van der Waals surface area contributed by atoms with Crippen molar-refractivity contribution in [2.45, 2.75) is 104 Å². The normalized spacial score (nSPS) is 11.9. The quantitative estimate of drug-likeness (QED) is 0.0205. The number of amides is 5. The third-order valence-electron chi connectivity index (χ3n) is 10.5. The lowest BCUT2D eigenvalue weighted by atomic mass is 9.90. The molecule has 3 rings (SSSR count). The summed E-state index contributed by atoms with van der Waals surface area (Å²) < 4.78 is 32.1. The van der Waals surface area contributed by atoms with E-state index in [0.29, 0.717) is 37.7 Å². The molecule has 0 radical (unpaired) electrons. The first-order valence-corrected chi connectivity index (χ1v) is 23.2. The highest BCUT2D eigenvalue weighted by Gasteiger charge is 2.34. The molecule has 21 nitrogen and oxygen atoms in total. The van der Waals surface area contributed by atoms with E-state index in [1.807, 2.05) is 20.8 Å². The van der Waals surface area contributed by atoms with Crippen LogP contribution in [0.5, 0.6) is 11.5 Å². The molecule has 0 unspecified atom stereocenters. The fourth-order valence-corrected chi connectivity index (χ4v) is 6.61. The summed E-state index contributed by atoms with van der Waals surface area (Å²) in [6.45, 7) is 6.81. The molecule has 380 valence electrons. The third kappa shape index (κ3) is 17.9. The fraction of sp³-hybridized carbons (Fsp3) is 0.479. The summed E-state index contributed by atoms with van der Waals surface area (Å²) in [4.78, 5) is 123. The smallest absolute Gasteiger partial charge is 0.414 e. The molecule has 5 amide bonds. The van der Waals surface area contributed by atoms with E-state index < -0.39 is 78.7 Å². The molecular weight excluding hydrogens is 913 g/mol. The standard InChI is InChI=1S/C48H64BN5O16/c1-7-11-14-17-32(36(10-4)54(30-55)70-46(61)34-18-15-16-19-38(34)68-48(63)53(5)6)43(58)50-29-51-45(60)39-23-22-37(67-39)31-20-21-33(40(26-31)66-28-42(57)64-24-12-8-2)44(59)52-35(27-41(56)69-49)47(62)65-25-13-9-3/h15-16,18-23,26,30,32,35-36H,7-14,17,24-25,27-29,49H2,1-6H3,(H,50,58)(H,51,60)(H,52,59)/t32-,35+,36-/m1/s1. The molecule has 3 N–H and O–H groups in total. The number of carbonyl (C=O) groups excluding carboxylic acids is 9. The molecule has 1 aromatic heterocycles. The Morgan fingerprint density at radius 2 is 1.47 bits per heavy atom. The van der Waals surface area contributed by atoms with E-state index in [1.54, 1.807) is 13.0 Å². The first-order chi connectivity index (χ1) is 33.6. The van der Waals surface area contributed by atoms with Crippen LogP contribution in [0.3, 0.4) is 0 Å². The minimum Gasteiger partial charge on any atom is -0.543 e. The van der Waals surface area contributed by atoms with E-state index in [0.717, 1.165) is 38.8 Å². The molecule has 22 heteroatoms. The highest BCUT2D eigenvalue weighted by molar-refractivity contribution is 6.06. The lowest BCUT2D eigenvalue weighted by Gasteiger charge is -2.32. The number of hydroxylamine groups is 2. The molecule has 0 saturated heterocycles. The lowest BCUT2D eigenvalue weighted by Crippen LogP contribution is -2.49. The van der Waals surface area contributed by atoms with Crippen molar-refractivity contribution in [2.75, 3.05) is 40.6 Å². The number of hydrogen-bond donors (Lipinski definition) is 3. The molecule has 0 saturated carbocycles. The van der Waals surface area contributed by atoms with Gasteiger partial charge in [0.15, 0.2) is 12.4 Å². The molecule has 0 bridgehead atoms. The zero-order chi connectivity index (χ0) is 51.6. The Hall–Kier alpha value is -7.39. The summed E-state index contributed by atoms with van der Waals surface area (Å²) in [6.07, 6.45) is 4.44. The van der Waals surface area contributed by atoms with Crippen LogP contribution in [-0.2, 0) is 42.9 Å². The largest absolute Gasteiger partial charge is 0.543 e. The minimum absolute atomic E-state index is 0.0718. The topological polar surface area (TPSA) is 265 Å². The van der Waals surface area contributed by atoms with Gasteiger partial charge in [0.05, 0.1) is 43.8 Å². The molecule has 0 aliphatic carbocycles. The molecule has 0 aliphatic heterocycles. The van der Waals surface area contributed by atoms with Gasteiger partial charge in [-0.15, -0.1) is 0 Å². The zero-order valence-electron chi connectivity index (χ0n) is 40.8. The van der Waals surface area contributed by atoms with Crippen LogP contribution in [0.4, 0.5) is 4.79 Å². The number of nitrogens with zero attached hydrogens (tertiary/aromatic N) is 2. The number of unbranched alkanes of at least 4 members (excludes halogenated alkanes) is 4. The first kappa shape index (κ1) is 56.9. The monoisotopic (exact) mass is 977 g/mol. The van der Waals surface area contributed by atoms with Crippen molar-refractivity contribution in [1.82, 2.24) is 25.9 Å². The van der Waals surface area contributed by atoms with Crippen LogP contribution in [0, 0.1) is 5.92 Å². The van der Waals surface area contributed by atoms with Crippen LogP contribution in [0.2, 0.25) is 0 Å². The fourth-order valence-electron chi connectivity index (χ4n) is 6.61. The van der Waals surface area contributed by atoms with Crippen LogP contribution in [0.25, 0.3) is 11.3 Å². The third-order valence-corrected chi connectivity index (χ3v) is 10.5. The molecule has 70 heavy (non-hydrogen) atoms. The van der Waals surface area contributed by atoms with Gasteiger partial charge in [-0.25, -0.2) is 19.2 Å². The average Bonchev–Trinajstić information content (AvgIpc) is 3.85. The van der Waals surface area contributed by atoms with Crippen molar-refractivity contribution in [2.24, 2.45) is 5.92 Å². The maximum Gasteiger partial charge on any atom is 0.414 e. The van der Waals surface area contributed by atoms with E-state index in [4.69, 9.17) is 32.9 Å². The Kier molecular flexibility index (Phi) is 24.5. The van der Waals surface area contributed by atoms with Crippen molar-refractivity contribution < 1.29 is 76.0 Å². The van der Waals surface area contributed by atoms with E-state index in [9.17, 15) is 43.2 Å². The highest BCUT2D eigenvalue weighted by Crippen LogP contribution is 2.30. The molecule has 0 spiro atoms. The number of carbonyl (C=O) groups is 9. The van der Waals surface area contributed by atoms with Crippen molar-refractivity contribution in [3.63, 3.8) is 0 Å². The molecule has 0 fully saturated rings. The number of para-hydroxylation sites is 1. The van der Waals surface area contributed by atoms with Crippen LogP contribution >= 0.6 is 0 Å². The number of benzene rings is 2. The second kappa shape index (κ2) is 30.2. The molecular formula is C48H64BN5O16. The summed E-state index contributed by atoms with van der Waals surface area (Å²) in [5.41, 5.74) is 0.0540. The van der Waals surface area contributed by atoms with Gasteiger partial charge < -0.3 is 53.7 Å². The number of rotatable bonds is 30. The van der Waals surface area contributed by atoms with Gasteiger partial charge in [0.1, 0.15) is 28.9 Å². The van der Waals surface area contributed by atoms with E-state index >= 15 is 0 Å². The molecule has 0 aliphatic rings. The van der Waals surface area contributed by atoms with Gasteiger partial charge in [0.25, 0.3) is 17.8 Å². The average molecular weight is 978 g/mol. The van der Waals surface area contributed by atoms with Gasteiger partial charge in [0.2, 0.25) is 12.3 Å². The van der Waals surface area contributed by atoms with Crippen LogP contribution < -0.4 is 25.4 Å². The Balaban J connectivity index is 1.80. The summed E-state index contributed by atoms with van der Waals surface area (Å²) in [6, 6.07) is 10.5. The minimum atomic E-state index is -1.41. The summed E-state index contributed by atoms with van der Waals surface area (Å²) in [7, 11) is 4.07. The van der Waals surface area contributed by atoms with Gasteiger partial charge in [-0.05, 0) is 62.1 Å². The number of furan rings is 1. The maximum atomic E-state index is 13.8. The highest BCUT2D eigenvalue weighted by atomic mass is 16.7. The molecule has 3 atom stereocenters. The van der Waals surface area contributed by atoms with Gasteiger partial charge >= 0.3 is 32.1 Å². The maximum absolute atomic E-state index is 13.8. The summed E-state index contributed by atoms with van der Waals surface area (Å²) in [5, 5.41) is 8.51. The van der Waals surface area contributed by atoms with E-state index in [-0.39, 0.29) is 60.4 Å². The predicted octanol–water partition coefficient (Wildman–Crippen LogP) is 4.66. The Morgan fingerprint density at radius 3 is 2.13 bits per heavy atom. The first-order valence-electron chi connectivity index (χ1n) is 23.2. The molecule has 2 aromatic carbocycles. The number of nitrogens with one attached hydrogen (secondary N) is 3. The number of ether oxygens (including phenoxy) is 4. The Morgan fingerprint density at radius 1 is 0.771 bits per heavy atom. The Labute approximate surface area is 407 Å². The van der Waals surface area contributed by atoms with Crippen molar-refractivity contribution in [3.8, 4) is 22.8 Å². The SMILES string of the molecule is BOC(=O)C[C@H](NC(=O)c1ccc(-c2ccc(C(=O)NCNC(=O)[C@H](CCCCC)[C@@H](CC)N(C=O)OC(=O)c3ccccc3OC(=O)N(C)C)o2)cc1OCC(=O)OCCCC)C(=O)OCCCC. The summed E-state index contributed by atoms with van der Waals surface area (Å²) >= 11 is 0. The van der Waals surface area contributed by atoms with Crippen LogP contribution in [0.1, 0.15) is 123 Å². The summed E-state index contributed by atoms with van der Waals surface area (Å²) in [5.74, 6) is -6.56. The van der Waals surface area contributed by atoms with Crippen LogP contribution in [-0.4, -0.2) is 125 Å². The second-order valence-corrected chi connectivity index (χ2v) is 16.0. The molecule has 3 aromatic rings. The van der Waals surface area contributed by atoms with E-state index in [1.165, 1.54) is 67.5 Å². The van der Waals surface area contributed by atoms with Crippen molar-refractivity contribution in [1.29, 1.82) is 0 Å². The lowest BCUT2D eigenvalue weighted by molar-refractivity contribution is -0.171. The van der Waals surface area contributed by atoms with E-state index in [2.05, 4.69) is 16.0 Å². The van der Waals surface area contributed by atoms with Gasteiger partial charge in [-0.2, -0.15) is 5.06 Å². The van der Waals surface area contributed by atoms with Gasteiger partial charge in [-0.3, -0.25) is 24.0 Å². The predicted molar refractivity (Wildman–Crippen MR) is 254 cm³/mol. The van der Waals surface area contributed by atoms with Crippen molar-refractivity contribution in [3.05, 3.63) is 71.5 Å². The number of esters is 2. The van der Waals surface area contributed by atoms with Crippen molar-refractivity contribution >= 4 is 62.2 Å². The zero-order valence-corrected chi connectivity index (χ0v) is 40.8.